The van der Waals surface area contributed by atoms with Crippen molar-refractivity contribution in [3.63, 3.8) is 0 Å². The summed E-state index contributed by atoms with van der Waals surface area (Å²) in [6.07, 6.45) is 0. The largest absolute Gasteiger partial charge is 0.372 e. The minimum Gasteiger partial charge on any atom is -0.372 e. The molecule has 140 valence electrons. The summed E-state index contributed by atoms with van der Waals surface area (Å²) in [5.41, 5.74) is 3.90. The van der Waals surface area contributed by atoms with E-state index in [-0.39, 0.29) is 17.0 Å². The third kappa shape index (κ3) is 4.28. The molecule has 0 aromatic heterocycles. The summed E-state index contributed by atoms with van der Waals surface area (Å²) in [6.45, 7) is 0.832. The van der Waals surface area contributed by atoms with Gasteiger partial charge in [0.05, 0.1) is 4.90 Å². The summed E-state index contributed by atoms with van der Waals surface area (Å²) >= 11 is 0. The maximum Gasteiger partial charge on any atom is 0.258 e. The standard InChI is InChI=1S/C18H23N3O4S/c1-21(2)13-12-20-26(24,25)16-10-8-15(9-11-16)18(23,17(19)22)14-6-4-3-5-7-14/h3-11,20,23H,12-13H2,1-2H3,(H2,19,22). The number of hydrogen-bond acceptors (Lipinski definition) is 5. The van der Waals surface area contributed by atoms with Crippen LogP contribution in [0, 0.1) is 0 Å². The summed E-state index contributed by atoms with van der Waals surface area (Å²) in [5.74, 6) is -0.941. The smallest absolute Gasteiger partial charge is 0.258 e. The minimum atomic E-state index is -3.68. The predicted octanol–water partition coefficient (Wildman–Crippen LogP) is 0.248. The van der Waals surface area contributed by atoms with Crippen LogP contribution in [0.3, 0.4) is 0 Å². The maximum atomic E-state index is 12.3. The number of aliphatic hydroxyl groups is 1. The summed E-state index contributed by atoms with van der Waals surface area (Å²) in [7, 11) is 0.0116. The molecule has 2 aromatic rings. The van der Waals surface area contributed by atoms with Gasteiger partial charge in [0.1, 0.15) is 0 Å². The van der Waals surface area contributed by atoms with Crippen molar-refractivity contribution in [3.8, 4) is 0 Å². The Hall–Kier alpha value is -2.26. The monoisotopic (exact) mass is 377 g/mol. The normalized spacial score (nSPS) is 14.2. The molecule has 0 heterocycles. The first-order chi connectivity index (χ1) is 12.2. The summed E-state index contributed by atoms with van der Waals surface area (Å²) in [6, 6.07) is 13.7. The highest BCUT2D eigenvalue weighted by atomic mass is 32.2. The fourth-order valence-electron chi connectivity index (χ4n) is 2.49. The zero-order valence-corrected chi connectivity index (χ0v) is 15.5. The highest BCUT2D eigenvalue weighted by Gasteiger charge is 2.38. The zero-order chi connectivity index (χ0) is 19.4. The van der Waals surface area contributed by atoms with Crippen LogP contribution in [0.2, 0.25) is 0 Å². The Morgan fingerprint density at radius 1 is 1.08 bits per heavy atom. The SMILES string of the molecule is CN(C)CCNS(=O)(=O)c1ccc(C(O)(C(N)=O)c2ccccc2)cc1. The van der Waals surface area contributed by atoms with Gasteiger partial charge < -0.3 is 15.7 Å². The summed E-state index contributed by atoms with van der Waals surface area (Å²) in [4.78, 5) is 13.8. The van der Waals surface area contributed by atoms with E-state index in [1.807, 2.05) is 19.0 Å². The molecular weight excluding hydrogens is 354 g/mol. The third-order valence-electron chi connectivity index (χ3n) is 3.98. The molecule has 1 amide bonds. The van der Waals surface area contributed by atoms with Gasteiger partial charge in [-0.05, 0) is 37.4 Å². The Morgan fingerprint density at radius 3 is 2.12 bits per heavy atom. The number of benzene rings is 2. The van der Waals surface area contributed by atoms with E-state index in [4.69, 9.17) is 5.73 Å². The van der Waals surface area contributed by atoms with Gasteiger partial charge >= 0.3 is 0 Å². The van der Waals surface area contributed by atoms with Gasteiger partial charge in [0.15, 0.2) is 5.60 Å². The van der Waals surface area contributed by atoms with Gasteiger partial charge in [0.25, 0.3) is 5.91 Å². The van der Waals surface area contributed by atoms with Gasteiger partial charge in [0.2, 0.25) is 10.0 Å². The number of hydrogen-bond donors (Lipinski definition) is 3. The molecule has 0 saturated carbocycles. The Morgan fingerprint density at radius 2 is 1.62 bits per heavy atom. The quantitative estimate of drug-likeness (QED) is 0.610. The fourth-order valence-corrected chi connectivity index (χ4v) is 3.51. The topological polar surface area (TPSA) is 113 Å². The van der Waals surface area contributed by atoms with Crippen LogP contribution in [0.15, 0.2) is 59.5 Å². The first kappa shape index (κ1) is 20.1. The lowest BCUT2D eigenvalue weighted by Gasteiger charge is -2.25. The van der Waals surface area contributed by atoms with Crippen molar-refractivity contribution in [3.05, 3.63) is 65.7 Å². The number of nitrogens with zero attached hydrogens (tertiary/aromatic N) is 1. The molecule has 2 aromatic carbocycles. The molecule has 7 nitrogen and oxygen atoms in total. The summed E-state index contributed by atoms with van der Waals surface area (Å²) < 4.78 is 27.1. The molecule has 0 aliphatic rings. The van der Waals surface area contributed by atoms with Gasteiger partial charge in [-0.2, -0.15) is 0 Å². The van der Waals surface area contributed by atoms with E-state index < -0.39 is 21.5 Å². The third-order valence-corrected chi connectivity index (χ3v) is 5.46. The molecule has 26 heavy (non-hydrogen) atoms. The van der Waals surface area contributed by atoms with E-state index in [1.54, 1.807) is 30.3 Å². The van der Waals surface area contributed by atoms with E-state index in [1.165, 1.54) is 24.3 Å². The molecule has 1 unspecified atom stereocenters. The predicted molar refractivity (Wildman–Crippen MR) is 98.8 cm³/mol. The highest BCUT2D eigenvalue weighted by molar-refractivity contribution is 7.89. The van der Waals surface area contributed by atoms with Crippen molar-refractivity contribution < 1.29 is 18.3 Å². The van der Waals surface area contributed by atoms with Crippen LogP contribution < -0.4 is 10.5 Å². The average Bonchev–Trinajstić information content (AvgIpc) is 2.61. The van der Waals surface area contributed by atoms with Crippen LogP contribution in [-0.4, -0.2) is 51.5 Å². The molecule has 0 radical (unpaired) electrons. The second kappa shape index (κ2) is 7.96. The lowest BCUT2D eigenvalue weighted by Crippen LogP contribution is -2.42. The maximum absolute atomic E-state index is 12.3. The van der Waals surface area contributed by atoms with Crippen LogP contribution in [0.25, 0.3) is 0 Å². The Bertz CT molecular complexity index is 852. The average molecular weight is 377 g/mol. The zero-order valence-electron chi connectivity index (χ0n) is 14.7. The van der Waals surface area contributed by atoms with Gasteiger partial charge in [-0.15, -0.1) is 0 Å². The lowest BCUT2D eigenvalue weighted by molar-refractivity contribution is -0.133. The lowest BCUT2D eigenvalue weighted by atomic mass is 9.86. The van der Waals surface area contributed by atoms with Crippen molar-refractivity contribution in [1.82, 2.24) is 9.62 Å². The Balaban J connectivity index is 2.31. The second-order valence-electron chi connectivity index (χ2n) is 6.17. The number of carbonyl (C=O) groups is 1. The highest BCUT2D eigenvalue weighted by Crippen LogP contribution is 2.30. The van der Waals surface area contributed by atoms with E-state index in [0.717, 1.165) is 0 Å². The van der Waals surface area contributed by atoms with Crippen molar-refractivity contribution in [2.45, 2.75) is 10.5 Å². The first-order valence-corrected chi connectivity index (χ1v) is 9.49. The van der Waals surface area contributed by atoms with Crippen LogP contribution in [0.5, 0.6) is 0 Å². The van der Waals surface area contributed by atoms with Crippen molar-refractivity contribution in [1.29, 1.82) is 0 Å². The second-order valence-corrected chi connectivity index (χ2v) is 7.93. The van der Waals surface area contributed by atoms with Gasteiger partial charge in [-0.1, -0.05) is 42.5 Å². The number of sulfonamides is 1. The van der Waals surface area contributed by atoms with Gasteiger partial charge in [-0.3, -0.25) is 4.79 Å². The van der Waals surface area contributed by atoms with Crippen molar-refractivity contribution in [2.75, 3.05) is 27.2 Å². The van der Waals surface area contributed by atoms with Crippen LogP contribution in [0.4, 0.5) is 0 Å². The molecule has 0 aliphatic heterocycles. The molecule has 0 aliphatic carbocycles. The Kier molecular flexibility index (Phi) is 6.14. The molecule has 0 spiro atoms. The molecule has 0 saturated heterocycles. The first-order valence-electron chi connectivity index (χ1n) is 8.00. The van der Waals surface area contributed by atoms with E-state index in [9.17, 15) is 18.3 Å². The van der Waals surface area contributed by atoms with E-state index >= 15 is 0 Å². The molecule has 4 N–H and O–H groups in total. The number of amides is 1. The number of nitrogens with one attached hydrogen (secondary N) is 1. The molecule has 8 heteroatoms. The van der Waals surface area contributed by atoms with Crippen LogP contribution in [-0.2, 0) is 20.4 Å². The molecule has 0 bridgehead atoms. The minimum absolute atomic E-state index is 0.0416. The number of nitrogens with two attached hydrogens (primary N) is 1. The molecular formula is C18H23N3O4S. The van der Waals surface area contributed by atoms with Crippen LogP contribution in [0.1, 0.15) is 11.1 Å². The number of rotatable bonds is 8. The van der Waals surface area contributed by atoms with Gasteiger partial charge in [0, 0.05) is 13.1 Å². The van der Waals surface area contributed by atoms with E-state index in [2.05, 4.69) is 4.72 Å². The van der Waals surface area contributed by atoms with Crippen molar-refractivity contribution in [2.24, 2.45) is 5.73 Å². The number of carbonyl (C=O) groups excluding carboxylic acids is 1. The number of primary amides is 1. The Labute approximate surface area is 153 Å². The summed E-state index contributed by atoms with van der Waals surface area (Å²) in [5, 5.41) is 10.9. The molecule has 1 atom stereocenters. The molecule has 2 rings (SSSR count). The van der Waals surface area contributed by atoms with E-state index in [0.29, 0.717) is 12.1 Å². The molecule has 0 fully saturated rings. The fraction of sp³-hybridized carbons (Fsp3) is 0.278. The van der Waals surface area contributed by atoms with Crippen molar-refractivity contribution >= 4 is 15.9 Å². The number of likely N-dealkylation sites (N-methyl/N-ethyl adjacent to an activating group) is 1. The van der Waals surface area contributed by atoms with Crippen LogP contribution >= 0.6 is 0 Å². The van der Waals surface area contributed by atoms with Gasteiger partial charge in [-0.25, -0.2) is 13.1 Å².